The SMILES string of the molecule is C=C1C(=NC[C@H](N)Cc2ccccc2)NC(N)(c2ccncc2)C2=C1CCN(C(=O)c1ccccc1)C2. The number of aromatic nitrogens is 1. The maximum atomic E-state index is 13.3. The first-order valence-electron chi connectivity index (χ1n) is 12.5. The highest BCUT2D eigenvalue weighted by Gasteiger charge is 2.43. The van der Waals surface area contributed by atoms with E-state index in [4.69, 9.17) is 16.5 Å². The number of rotatable bonds is 6. The van der Waals surface area contributed by atoms with E-state index in [1.807, 2.05) is 65.6 Å². The van der Waals surface area contributed by atoms with Gasteiger partial charge in [-0.2, -0.15) is 0 Å². The zero-order valence-electron chi connectivity index (χ0n) is 20.8. The summed E-state index contributed by atoms with van der Waals surface area (Å²) in [6, 6.07) is 23.1. The first-order chi connectivity index (χ1) is 18.0. The van der Waals surface area contributed by atoms with E-state index in [2.05, 4.69) is 29.0 Å². The first kappa shape index (κ1) is 24.6. The summed E-state index contributed by atoms with van der Waals surface area (Å²) in [6.07, 6.45) is 4.81. The van der Waals surface area contributed by atoms with Crippen molar-refractivity contribution in [2.24, 2.45) is 16.5 Å². The van der Waals surface area contributed by atoms with Crippen molar-refractivity contribution in [3.8, 4) is 0 Å². The second-order valence-corrected chi connectivity index (χ2v) is 9.59. The predicted octanol–water partition coefficient (Wildman–Crippen LogP) is 3.16. The molecule has 5 N–H and O–H groups in total. The molecule has 2 aliphatic heterocycles. The summed E-state index contributed by atoms with van der Waals surface area (Å²) < 4.78 is 0. The number of carbonyl (C=O) groups is 1. The molecule has 1 unspecified atom stereocenters. The standard InChI is InChI=1S/C30H32N6O/c1-21-26-14-17-36(29(37)23-10-6-3-7-11-23)20-27(26)30(32,24-12-15-33-16-13-24)35-28(21)34-19-25(31)18-22-8-4-2-5-9-22/h2-13,15-16,25H,1,14,17-20,31-32H2,(H,34,35)/t25-,30?/m1/s1. The minimum Gasteiger partial charge on any atom is -0.345 e. The van der Waals surface area contributed by atoms with Crippen molar-refractivity contribution in [1.82, 2.24) is 15.2 Å². The van der Waals surface area contributed by atoms with Gasteiger partial charge >= 0.3 is 0 Å². The van der Waals surface area contributed by atoms with Gasteiger partial charge in [-0.15, -0.1) is 0 Å². The molecule has 1 aromatic heterocycles. The zero-order valence-corrected chi connectivity index (χ0v) is 20.8. The van der Waals surface area contributed by atoms with E-state index in [1.165, 1.54) is 5.56 Å². The van der Waals surface area contributed by atoms with Crippen LogP contribution in [0.5, 0.6) is 0 Å². The summed E-state index contributed by atoms with van der Waals surface area (Å²) in [5, 5.41) is 3.46. The number of benzene rings is 2. The monoisotopic (exact) mass is 492 g/mol. The molecule has 0 bridgehead atoms. The van der Waals surface area contributed by atoms with Gasteiger partial charge in [-0.25, -0.2) is 0 Å². The molecular weight excluding hydrogens is 460 g/mol. The molecule has 3 aromatic rings. The summed E-state index contributed by atoms with van der Waals surface area (Å²) in [7, 11) is 0. The third kappa shape index (κ3) is 5.09. The van der Waals surface area contributed by atoms with Crippen molar-refractivity contribution in [2.75, 3.05) is 19.6 Å². The maximum absolute atomic E-state index is 13.3. The van der Waals surface area contributed by atoms with E-state index < -0.39 is 5.66 Å². The second kappa shape index (κ2) is 10.5. The normalized spacial score (nSPS) is 21.4. The van der Waals surface area contributed by atoms with E-state index in [1.54, 1.807) is 12.4 Å². The van der Waals surface area contributed by atoms with Crippen LogP contribution >= 0.6 is 0 Å². The molecule has 0 spiro atoms. The van der Waals surface area contributed by atoms with Crippen LogP contribution in [0.15, 0.2) is 113 Å². The van der Waals surface area contributed by atoms with E-state index in [0.717, 1.165) is 28.7 Å². The van der Waals surface area contributed by atoms with Gasteiger partial charge in [-0.1, -0.05) is 55.1 Å². The molecule has 37 heavy (non-hydrogen) atoms. The molecule has 2 aromatic carbocycles. The van der Waals surface area contributed by atoms with Gasteiger partial charge in [0.05, 0.1) is 6.54 Å². The van der Waals surface area contributed by atoms with Crippen molar-refractivity contribution in [3.63, 3.8) is 0 Å². The molecule has 0 saturated heterocycles. The Hall–Kier alpha value is -4.07. The molecule has 2 atom stereocenters. The Morgan fingerprint density at radius 1 is 1.08 bits per heavy atom. The van der Waals surface area contributed by atoms with Crippen LogP contribution in [0.25, 0.3) is 0 Å². The smallest absolute Gasteiger partial charge is 0.254 e. The highest BCUT2D eigenvalue weighted by molar-refractivity contribution is 6.04. The number of pyridine rings is 1. The lowest BCUT2D eigenvalue weighted by Gasteiger charge is -2.45. The van der Waals surface area contributed by atoms with Crippen molar-refractivity contribution >= 4 is 11.7 Å². The molecule has 0 saturated carbocycles. The summed E-state index contributed by atoms with van der Waals surface area (Å²) >= 11 is 0. The molecule has 7 nitrogen and oxygen atoms in total. The molecule has 188 valence electrons. The van der Waals surface area contributed by atoms with Gasteiger partial charge in [0.2, 0.25) is 0 Å². The fourth-order valence-electron chi connectivity index (χ4n) is 5.06. The van der Waals surface area contributed by atoms with Crippen LogP contribution < -0.4 is 16.8 Å². The van der Waals surface area contributed by atoms with E-state index in [-0.39, 0.29) is 11.9 Å². The Morgan fingerprint density at radius 2 is 1.76 bits per heavy atom. The topological polar surface area (TPSA) is 110 Å². The lowest BCUT2D eigenvalue weighted by atomic mass is 9.79. The fraction of sp³-hybridized carbons (Fsp3) is 0.233. The van der Waals surface area contributed by atoms with Gasteiger partial charge in [-0.3, -0.25) is 14.8 Å². The molecule has 0 radical (unpaired) electrons. The first-order valence-corrected chi connectivity index (χ1v) is 12.5. The lowest BCUT2D eigenvalue weighted by Crippen LogP contribution is -2.61. The summed E-state index contributed by atoms with van der Waals surface area (Å²) in [6.45, 7) is 5.78. The zero-order chi connectivity index (χ0) is 25.8. The summed E-state index contributed by atoms with van der Waals surface area (Å²) in [5.74, 6) is 0.630. The largest absolute Gasteiger partial charge is 0.345 e. The Bertz CT molecular complexity index is 1340. The van der Waals surface area contributed by atoms with Gasteiger partial charge in [0.25, 0.3) is 5.91 Å². The molecule has 7 heteroatoms. The number of nitrogens with two attached hydrogens (primary N) is 2. The van der Waals surface area contributed by atoms with Crippen LogP contribution in [0.2, 0.25) is 0 Å². The van der Waals surface area contributed by atoms with Gasteiger partial charge in [0, 0.05) is 42.7 Å². The van der Waals surface area contributed by atoms with Crippen LogP contribution in [-0.2, 0) is 12.1 Å². The van der Waals surface area contributed by atoms with E-state index in [9.17, 15) is 4.79 Å². The van der Waals surface area contributed by atoms with E-state index in [0.29, 0.717) is 37.5 Å². The lowest BCUT2D eigenvalue weighted by molar-refractivity contribution is 0.0756. The van der Waals surface area contributed by atoms with Gasteiger partial charge in [-0.05, 0) is 59.4 Å². The summed E-state index contributed by atoms with van der Waals surface area (Å²) in [4.78, 5) is 24.1. The third-order valence-corrected chi connectivity index (χ3v) is 7.05. The minimum atomic E-state index is -1.06. The highest BCUT2D eigenvalue weighted by atomic mass is 16.2. The number of nitrogens with one attached hydrogen (secondary N) is 1. The van der Waals surface area contributed by atoms with Gasteiger partial charge in [0.15, 0.2) is 0 Å². The Kier molecular flexibility index (Phi) is 6.99. The molecular formula is C30H32N6O. The fourth-order valence-corrected chi connectivity index (χ4v) is 5.06. The number of hydrogen-bond donors (Lipinski definition) is 3. The Labute approximate surface area is 217 Å². The van der Waals surface area contributed by atoms with Crippen molar-refractivity contribution in [1.29, 1.82) is 0 Å². The minimum absolute atomic E-state index is 0.0128. The third-order valence-electron chi connectivity index (χ3n) is 7.05. The number of aliphatic imine (C=N–C) groups is 1. The number of carbonyl (C=O) groups excluding carboxylic acids is 1. The Balaban J connectivity index is 1.44. The van der Waals surface area contributed by atoms with Crippen molar-refractivity contribution in [3.05, 3.63) is 125 Å². The predicted molar refractivity (Wildman–Crippen MR) is 147 cm³/mol. The van der Waals surface area contributed by atoms with Crippen LogP contribution in [-0.4, -0.2) is 47.3 Å². The number of amides is 1. The number of amidine groups is 1. The van der Waals surface area contributed by atoms with Crippen LogP contribution in [0.3, 0.4) is 0 Å². The molecule has 1 amide bonds. The molecule has 5 rings (SSSR count). The maximum Gasteiger partial charge on any atom is 0.254 e. The quantitative estimate of drug-likeness (QED) is 0.490. The average Bonchev–Trinajstić information content (AvgIpc) is 2.95. The molecule has 2 aliphatic rings. The van der Waals surface area contributed by atoms with Crippen LogP contribution in [0.4, 0.5) is 0 Å². The van der Waals surface area contributed by atoms with Crippen molar-refractivity contribution in [2.45, 2.75) is 24.5 Å². The molecule has 3 heterocycles. The number of hydrogen-bond acceptors (Lipinski definition) is 5. The van der Waals surface area contributed by atoms with Gasteiger partial charge in [0.1, 0.15) is 11.5 Å². The average molecular weight is 493 g/mol. The molecule has 0 fully saturated rings. The Morgan fingerprint density at radius 3 is 2.46 bits per heavy atom. The number of nitrogens with zero attached hydrogens (tertiary/aromatic N) is 3. The van der Waals surface area contributed by atoms with Crippen LogP contribution in [0.1, 0.15) is 27.9 Å². The molecule has 0 aliphatic carbocycles. The van der Waals surface area contributed by atoms with Crippen LogP contribution in [0, 0.1) is 0 Å². The van der Waals surface area contributed by atoms with Crippen molar-refractivity contribution < 1.29 is 4.79 Å². The van der Waals surface area contributed by atoms with Gasteiger partial charge < -0.3 is 21.7 Å². The summed E-state index contributed by atoms with van der Waals surface area (Å²) in [5.41, 5.74) is 18.0. The second-order valence-electron chi connectivity index (χ2n) is 9.59. The van der Waals surface area contributed by atoms with E-state index >= 15 is 0 Å². The highest BCUT2D eigenvalue weighted by Crippen LogP contribution is 2.38.